The molecular weight excluding hydrogens is 356 g/mol. The monoisotopic (exact) mass is 380 g/mol. The van der Waals surface area contributed by atoms with Gasteiger partial charge in [-0.25, -0.2) is 13.2 Å². The second-order valence-electron chi connectivity index (χ2n) is 7.37. The van der Waals surface area contributed by atoms with Crippen molar-refractivity contribution >= 4 is 26.8 Å². The number of aromatic nitrogens is 1. The third kappa shape index (κ3) is 3.70. The Balaban J connectivity index is 1.72. The van der Waals surface area contributed by atoms with E-state index >= 15 is 0 Å². The van der Waals surface area contributed by atoms with E-state index in [1.807, 2.05) is 0 Å². The molecule has 1 aromatic heterocycles. The molecule has 0 saturated carbocycles. The molecule has 0 aliphatic carbocycles. The van der Waals surface area contributed by atoms with Crippen LogP contribution < -0.4 is 5.76 Å². The second-order valence-corrected chi connectivity index (χ2v) is 9.48. The minimum Gasteiger partial charge on any atom is -0.408 e. The van der Waals surface area contributed by atoms with Crippen molar-refractivity contribution in [3.63, 3.8) is 0 Å². The van der Waals surface area contributed by atoms with Gasteiger partial charge in [0.1, 0.15) is 0 Å². The van der Waals surface area contributed by atoms with Gasteiger partial charge in [0.25, 0.3) is 0 Å². The number of amides is 1. The lowest BCUT2D eigenvalue weighted by Crippen LogP contribution is -2.43. The lowest BCUT2D eigenvalue weighted by molar-refractivity contribution is -0.133. The Morgan fingerprint density at radius 1 is 1.23 bits per heavy atom. The van der Waals surface area contributed by atoms with Crippen molar-refractivity contribution in [2.24, 2.45) is 18.9 Å². The maximum Gasteiger partial charge on any atom is 0.419 e. The van der Waals surface area contributed by atoms with Gasteiger partial charge in [0.2, 0.25) is 5.91 Å². The first-order valence-corrected chi connectivity index (χ1v) is 10.4. The van der Waals surface area contributed by atoms with Crippen LogP contribution in [-0.4, -0.2) is 42.6 Å². The Hall–Kier alpha value is -2.09. The number of hydrogen-bond acceptors (Lipinski definition) is 5. The number of oxazole rings is 1. The molecule has 2 atom stereocenters. The van der Waals surface area contributed by atoms with Gasteiger partial charge in [0.15, 0.2) is 15.4 Å². The fraction of sp³-hybridized carbons (Fsp3) is 0.556. The zero-order valence-electron chi connectivity index (χ0n) is 15.3. The fourth-order valence-electron chi connectivity index (χ4n) is 3.67. The summed E-state index contributed by atoms with van der Waals surface area (Å²) in [7, 11) is -2.08. The van der Waals surface area contributed by atoms with Gasteiger partial charge in [-0.2, -0.15) is 0 Å². The van der Waals surface area contributed by atoms with Crippen LogP contribution in [0.5, 0.6) is 0 Å². The van der Waals surface area contributed by atoms with E-state index in [2.05, 4.69) is 13.8 Å². The molecule has 0 bridgehead atoms. The number of likely N-dealkylation sites (tertiary alicyclic amines) is 1. The molecule has 2 heterocycles. The zero-order valence-corrected chi connectivity index (χ0v) is 16.1. The highest BCUT2D eigenvalue weighted by molar-refractivity contribution is 7.91. The minimum absolute atomic E-state index is 0.0431. The molecule has 0 radical (unpaired) electrons. The number of aryl methyl sites for hydroxylation is 1. The number of fused-ring (bicyclic) bond motifs is 1. The van der Waals surface area contributed by atoms with Gasteiger partial charge in [0, 0.05) is 32.6 Å². The topological polar surface area (TPSA) is 89.6 Å². The Morgan fingerprint density at radius 3 is 2.54 bits per heavy atom. The smallest absolute Gasteiger partial charge is 0.408 e. The molecule has 3 rings (SSSR count). The number of rotatable bonds is 4. The van der Waals surface area contributed by atoms with Crippen molar-refractivity contribution in [3.8, 4) is 0 Å². The summed E-state index contributed by atoms with van der Waals surface area (Å²) in [5.41, 5.74) is 0.755. The number of sulfone groups is 1. The molecule has 7 nitrogen and oxygen atoms in total. The summed E-state index contributed by atoms with van der Waals surface area (Å²) in [6, 6.07) is 4.34. The van der Waals surface area contributed by atoms with Gasteiger partial charge < -0.3 is 9.32 Å². The average molecular weight is 380 g/mol. The molecule has 26 heavy (non-hydrogen) atoms. The van der Waals surface area contributed by atoms with Crippen LogP contribution in [0.3, 0.4) is 0 Å². The van der Waals surface area contributed by atoms with Crippen LogP contribution in [0.1, 0.15) is 26.7 Å². The summed E-state index contributed by atoms with van der Waals surface area (Å²) in [6.45, 7) is 5.58. The molecule has 2 aromatic rings. The summed E-state index contributed by atoms with van der Waals surface area (Å²) in [4.78, 5) is 25.8. The summed E-state index contributed by atoms with van der Waals surface area (Å²) >= 11 is 0. The van der Waals surface area contributed by atoms with E-state index in [0.717, 1.165) is 6.42 Å². The number of nitrogens with zero attached hydrogens (tertiary/aromatic N) is 2. The summed E-state index contributed by atoms with van der Waals surface area (Å²) < 4.78 is 31.5. The van der Waals surface area contributed by atoms with Crippen LogP contribution in [0.4, 0.5) is 0 Å². The fourth-order valence-corrected chi connectivity index (χ4v) is 4.91. The van der Waals surface area contributed by atoms with Crippen LogP contribution in [0.2, 0.25) is 0 Å². The Labute approximate surface area is 152 Å². The van der Waals surface area contributed by atoms with E-state index in [-0.39, 0.29) is 28.6 Å². The predicted molar refractivity (Wildman–Crippen MR) is 97.6 cm³/mol. The van der Waals surface area contributed by atoms with Gasteiger partial charge in [-0.05, 0) is 30.4 Å². The first-order valence-electron chi connectivity index (χ1n) is 8.77. The molecule has 0 spiro atoms. The van der Waals surface area contributed by atoms with Gasteiger partial charge in [-0.15, -0.1) is 0 Å². The van der Waals surface area contributed by atoms with Crippen LogP contribution in [0, 0.1) is 11.8 Å². The van der Waals surface area contributed by atoms with Crippen LogP contribution in [0.25, 0.3) is 11.1 Å². The number of carbonyl (C=O) groups excluding carboxylic acids is 1. The molecule has 1 amide bonds. The quantitative estimate of drug-likeness (QED) is 0.807. The average Bonchev–Trinajstić information content (AvgIpc) is 2.86. The van der Waals surface area contributed by atoms with E-state index in [1.165, 1.54) is 16.7 Å². The highest BCUT2D eigenvalue weighted by Gasteiger charge is 2.27. The SMILES string of the molecule is C[C@@H]1C[C@@H](C)CN(C(=O)CCS(=O)(=O)c2ccc3c(c2)oc(=O)n3C)C1. The van der Waals surface area contributed by atoms with Crippen molar-refractivity contribution in [2.75, 3.05) is 18.8 Å². The summed E-state index contributed by atoms with van der Waals surface area (Å²) in [5, 5.41) is 0. The van der Waals surface area contributed by atoms with E-state index < -0.39 is 15.6 Å². The van der Waals surface area contributed by atoms with Crippen molar-refractivity contribution in [1.82, 2.24) is 9.47 Å². The van der Waals surface area contributed by atoms with E-state index in [9.17, 15) is 18.0 Å². The molecule has 0 unspecified atom stereocenters. The van der Waals surface area contributed by atoms with Gasteiger partial charge >= 0.3 is 5.76 Å². The molecule has 142 valence electrons. The first-order chi connectivity index (χ1) is 12.2. The Bertz CT molecular complexity index is 979. The third-order valence-corrected chi connectivity index (χ3v) is 6.64. The van der Waals surface area contributed by atoms with Crippen LogP contribution in [-0.2, 0) is 21.7 Å². The molecular formula is C18H24N2O5S. The van der Waals surface area contributed by atoms with E-state index in [1.54, 1.807) is 18.0 Å². The van der Waals surface area contributed by atoms with Crippen LogP contribution >= 0.6 is 0 Å². The number of hydrogen-bond donors (Lipinski definition) is 0. The zero-order chi connectivity index (χ0) is 19.1. The molecule has 1 fully saturated rings. The normalized spacial score (nSPS) is 21.3. The summed E-state index contributed by atoms with van der Waals surface area (Å²) in [5.74, 6) is -0.0593. The summed E-state index contributed by atoms with van der Waals surface area (Å²) in [6.07, 6.45) is 1.04. The lowest BCUT2D eigenvalue weighted by atomic mass is 9.92. The Kier molecular flexibility index (Phi) is 4.96. The van der Waals surface area contributed by atoms with E-state index in [0.29, 0.717) is 30.4 Å². The number of carbonyl (C=O) groups is 1. The molecule has 1 saturated heterocycles. The molecule has 1 aromatic carbocycles. The molecule has 1 aliphatic rings. The van der Waals surface area contributed by atoms with Crippen molar-refractivity contribution in [1.29, 1.82) is 0 Å². The van der Waals surface area contributed by atoms with Crippen LogP contribution in [0.15, 0.2) is 32.3 Å². The van der Waals surface area contributed by atoms with Gasteiger partial charge in [-0.1, -0.05) is 13.8 Å². The molecule has 1 aliphatic heterocycles. The third-order valence-electron chi connectivity index (χ3n) is 4.93. The second kappa shape index (κ2) is 6.90. The van der Waals surface area contributed by atoms with Crippen molar-refractivity contribution < 1.29 is 17.6 Å². The van der Waals surface area contributed by atoms with Crippen molar-refractivity contribution in [3.05, 3.63) is 28.7 Å². The molecule has 8 heteroatoms. The largest absolute Gasteiger partial charge is 0.419 e. The maximum absolute atomic E-state index is 12.6. The number of benzene rings is 1. The van der Waals surface area contributed by atoms with Gasteiger partial charge in [0.05, 0.1) is 16.2 Å². The maximum atomic E-state index is 12.6. The number of piperidine rings is 1. The lowest BCUT2D eigenvalue weighted by Gasteiger charge is -2.35. The highest BCUT2D eigenvalue weighted by Crippen LogP contribution is 2.23. The van der Waals surface area contributed by atoms with Crippen molar-refractivity contribution in [2.45, 2.75) is 31.6 Å². The first kappa shape index (κ1) is 18.7. The highest BCUT2D eigenvalue weighted by atomic mass is 32.2. The van der Waals surface area contributed by atoms with E-state index in [4.69, 9.17) is 4.42 Å². The molecule has 0 N–H and O–H groups in total. The standard InChI is InChI=1S/C18H24N2O5S/c1-12-8-13(2)11-20(10-12)17(21)6-7-26(23,24)14-4-5-15-16(9-14)25-18(22)19(15)3/h4-5,9,12-13H,6-8,10-11H2,1-3H3/t12-,13-/m1/s1. The van der Waals surface area contributed by atoms with Gasteiger partial charge in [-0.3, -0.25) is 9.36 Å². The predicted octanol–water partition coefficient (Wildman–Crippen LogP) is 1.80. The minimum atomic E-state index is -3.63. The Morgan fingerprint density at radius 2 is 1.88 bits per heavy atom.